The number of benzene rings is 1. The maximum absolute atomic E-state index is 12.4. The maximum atomic E-state index is 12.4. The van der Waals surface area contributed by atoms with Gasteiger partial charge in [0.05, 0.1) is 12.8 Å². The molecule has 1 amide bonds. The number of hydrogen-bond donors (Lipinski definition) is 1. The number of carbonyl (C=O) groups excluding carboxylic acids is 1. The minimum atomic E-state index is -0.177. The molecule has 0 bridgehead atoms. The van der Waals surface area contributed by atoms with Crippen molar-refractivity contribution in [3.8, 4) is 0 Å². The summed E-state index contributed by atoms with van der Waals surface area (Å²) in [7, 11) is 0. The van der Waals surface area contributed by atoms with E-state index in [-0.39, 0.29) is 11.9 Å². The summed E-state index contributed by atoms with van der Waals surface area (Å²) < 4.78 is 5.73. The van der Waals surface area contributed by atoms with Gasteiger partial charge in [0, 0.05) is 13.2 Å². The Labute approximate surface area is 120 Å². The van der Waals surface area contributed by atoms with Gasteiger partial charge in [-0.25, -0.2) is 0 Å². The molecule has 2 saturated heterocycles. The number of nitrogens with zero attached hydrogens (tertiary/aromatic N) is 1. The second kappa shape index (κ2) is 6.37. The molecule has 0 radical (unpaired) electrons. The Morgan fingerprint density at radius 3 is 2.85 bits per heavy atom. The van der Waals surface area contributed by atoms with Crippen molar-refractivity contribution in [2.75, 3.05) is 19.8 Å². The zero-order chi connectivity index (χ0) is 13.8. The molecule has 108 valence electrons. The highest BCUT2D eigenvalue weighted by Gasteiger charge is 2.32. The molecule has 1 aromatic rings. The molecule has 0 spiro atoms. The van der Waals surface area contributed by atoms with Crippen molar-refractivity contribution in [1.29, 1.82) is 0 Å². The first-order chi connectivity index (χ1) is 9.84. The monoisotopic (exact) mass is 274 g/mol. The van der Waals surface area contributed by atoms with Crippen molar-refractivity contribution >= 4 is 5.91 Å². The van der Waals surface area contributed by atoms with Gasteiger partial charge in [-0.15, -0.1) is 0 Å². The van der Waals surface area contributed by atoms with E-state index in [1.54, 1.807) is 0 Å². The lowest BCUT2D eigenvalue weighted by atomic mass is 10.1. The topological polar surface area (TPSA) is 41.6 Å². The molecule has 2 aliphatic heterocycles. The van der Waals surface area contributed by atoms with Crippen LogP contribution in [-0.4, -0.2) is 36.7 Å². The van der Waals surface area contributed by atoms with Gasteiger partial charge < -0.3 is 9.64 Å². The Hall–Kier alpha value is -1.39. The molecule has 0 saturated carbocycles. The summed E-state index contributed by atoms with van der Waals surface area (Å²) in [6, 6.07) is 9.75. The van der Waals surface area contributed by atoms with Crippen molar-refractivity contribution in [2.45, 2.75) is 37.8 Å². The fourth-order valence-electron chi connectivity index (χ4n) is 2.98. The smallest absolute Gasteiger partial charge is 0.245 e. The molecule has 2 unspecified atom stereocenters. The lowest BCUT2D eigenvalue weighted by molar-refractivity contribution is -0.129. The predicted octanol–water partition coefficient (Wildman–Crippen LogP) is 2.08. The van der Waals surface area contributed by atoms with Crippen molar-refractivity contribution < 1.29 is 9.53 Å². The Balaban J connectivity index is 1.53. The second-order valence-corrected chi connectivity index (χ2v) is 5.58. The molecule has 20 heavy (non-hydrogen) atoms. The highest BCUT2D eigenvalue weighted by molar-refractivity contribution is 5.85. The van der Waals surface area contributed by atoms with Crippen molar-refractivity contribution in [2.24, 2.45) is 0 Å². The molecule has 2 heterocycles. The molecule has 0 aliphatic carbocycles. The summed E-state index contributed by atoms with van der Waals surface area (Å²) in [6.07, 6.45) is 4.86. The number of amides is 1. The van der Waals surface area contributed by atoms with E-state index in [1.165, 1.54) is 12.8 Å². The van der Waals surface area contributed by atoms with Gasteiger partial charge in [0.25, 0.3) is 0 Å². The summed E-state index contributed by atoms with van der Waals surface area (Å²) in [6.45, 7) is 2.31. The lowest BCUT2D eigenvalue weighted by Crippen LogP contribution is -2.31. The normalized spacial score (nSPS) is 27.0. The van der Waals surface area contributed by atoms with Crippen LogP contribution in [-0.2, 0) is 9.53 Å². The number of carbonyl (C=O) groups is 1. The second-order valence-electron chi connectivity index (χ2n) is 5.58. The summed E-state index contributed by atoms with van der Waals surface area (Å²) in [5.41, 5.74) is 1.05. The SMILES string of the molecule is O=C1C(c2ccccc2)NCN1CCC1CCCCO1. The third-order valence-corrected chi connectivity index (χ3v) is 4.17. The Morgan fingerprint density at radius 1 is 1.25 bits per heavy atom. The molecular formula is C16H22N2O2. The van der Waals surface area contributed by atoms with Crippen LogP contribution in [0.5, 0.6) is 0 Å². The highest BCUT2D eigenvalue weighted by atomic mass is 16.5. The Bertz CT molecular complexity index is 443. The number of nitrogens with one attached hydrogen (secondary N) is 1. The highest BCUT2D eigenvalue weighted by Crippen LogP contribution is 2.22. The Morgan fingerprint density at radius 2 is 2.10 bits per heavy atom. The molecule has 2 atom stereocenters. The quantitative estimate of drug-likeness (QED) is 0.914. The average molecular weight is 274 g/mol. The van der Waals surface area contributed by atoms with Gasteiger partial charge in [0.15, 0.2) is 0 Å². The van der Waals surface area contributed by atoms with Crippen LogP contribution in [0.4, 0.5) is 0 Å². The van der Waals surface area contributed by atoms with Gasteiger partial charge in [0.2, 0.25) is 5.91 Å². The predicted molar refractivity (Wildman–Crippen MR) is 77.1 cm³/mol. The summed E-state index contributed by atoms with van der Waals surface area (Å²) in [4.78, 5) is 14.3. The summed E-state index contributed by atoms with van der Waals surface area (Å²) >= 11 is 0. The Kier molecular flexibility index (Phi) is 4.33. The third-order valence-electron chi connectivity index (χ3n) is 4.17. The van der Waals surface area contributed by atoms with E-state index >= 15 is 0 Å². The zero-order valence-corrected chi connectivity index (χ0v) is 11.8. The first-order valence-corrected chi connectivity index (χ1v) is 7.53. The van der Waals surface area contributed by atoms with Crippen LogP contribution in [0.2, 0.25) is 0 Å². The van der Waals surface area contributed by atoms with Crippen LogP contribution in [0.25, 0.3) is 0 Å². The standard InChI is InChI=1S/C16H22N2O2/c19-16-15(13-6-2-1-3-7-13)17-12-18(16)10-9-14-8-4-5-11-20-14/h1-3,6-7,14-15,17H,4-5,8-12H2. The fraction of sp³-hybridized carbons (Fsp3) is 0.562. The van der Waals surface area contributed by atoms with E-state index in [2.05, 4.69) is 5.32 Å². The largest absolute Gasteiger partial charge is 0.378 e. The van der Waals surface area contributed by atoms with Crippen LogP contribution in [0.3, 0.4) is 0 Å². The van der Waals surface area contributed by atoms with Gasteiger partial charge in [-0.2, -0.15) is 0 Å². The molecule has 1 N–H and O–H groups in total. The van der Waals surface area contributed by atoms with Crippen LogP contribution in [0.15, 0.2) is 30.3 Å². The molecule has 1 aromatic carbocycles. The van der Waals surface area contributed by atoms with E-state index in [0.717, 1.165) is 31.6 Å². The van der Waals surface area contributed by atoms with E-state index < -0.39 is 0 Å². The number of hydrogen-bond acceptors (Lipinski definition) is 3. The van der Waals surface area contributed by atoms with Crippen molar-refractivity contribution in [3.63, 3.8) is 0 Å². The van der Waals surface area contributed by atoms with Gasteiger partial charge in [0.1, 0.15) is 6.04 Å². The molecule has 4 heteroatoms. The fourth-order valence-corrected chi connectivity index (χ4v) is 2.98. The summed E-state index contributed by atoms with van der Waals surface area (Å²) in [5, 5.41) is 3.30. The molecule has 2 aliphatic rings. The minimum absolute atomic E-state index is 0.177. The van der Waals surface area contributed by atoms with Crippen LogP contribution in [0, 0.1) is 0 Å². The maximum Gasteiger partial charge on any atom is 0.245 e. The molecule has 4 nitrogen and oxygen atoms in total. The van der Waals surface area contributed by atoms with Gasteiger partial charge in [-0.1, -0.05) is 30.3 Å². The van der Waals surface area contributed by atoms with Crippen LogP contribution < -0.4 is 5.32 Å². The van der Waals surface area contributed by atoms with Crippen molar-refractivity contribution in [1.82, 2.24) is 10.2 Å². The average Bonchev–Trinajstić information content (AvgIpc) is 2.88. The third kappa shape index (κ3) is 3.02. The van der Waals surface area contributed by atoms with Gasteiger partial charge >= 0.3 is 0 Å². The summed E-state index contributed by atoms with van der Waals surface area (Å²) in [5.74, 6) is 0.187. The first kappa shape index (κ1) is 13.6. The first-order valence-electron chi connectivity index (χ1n) is 7.53. The lowest BCUT2D eigenvalue weighted by Gasteiger charge is -2.24. The molecule has 3 rings (SSSR count). The van der Waals surface area contributed by atoms with Gasteiger partial charge in [-0.3, -0.25) is 10.1 Å². The van der Waals surface area contributed by atoms with Gasteiger partial charge in [-0.05, 0) is 31.2 Å². The zero-order valence-electron chi connectivity index (χ0n) is 11.8. The molecule has 2 fully saturated rings. The van der Waals surface area contributed by atoms with E-state index in [1.807, 2.05) is 35.2 Å². The van der Waals surface area contributed by atoms with Crippen LogP contribution in [0.1, 0.15) is 37.3 Å². The minimum Gasteiger partial charge on any atom is -0.378 e. The van der Waals surface area contributed by atoms with Crippen molar-refractivity contribution in [3.05, 3.63) is 35.9 Å². The molecule has 0 aromatic heterocycles. The van der Waals surface area contributed by atoms with E-state index in [4.69, 9.17) is 4.74 Å². The number of rotatable bonds is 4. The molecular weight excluding hydrogens is 252 g/mol. The number of ether oxygens (including phenoxy) is 1. The van der Waals surface area contributed by atoms with Crippen LogP contribution >= 0.6 is 0 Å². The van der Waals surface area contributed by atoms with E-state index in [0.29, 0.717) is 12.8 Å². The van der Waals surface area contributed by atoms with E-state index in [9.17, 15) is 4.79 Å².